The van der Waals surface area contributed by atoms with Crippen LogP contribution in [-0.4, -0.2) is 82.0 Å². The van der Waals surface area contributed by atoms with Gasteiger partial charge in [0.1, 0.15) is 30.5 Å². The number of morpholine rings is 2. The lowest BCUT2D eigenvalue weighted by Gasteiger charge is -2.31. The van der Waals surface area contributed by atoms with Gasteiger partial charge in [-0.15, -0.1) is 0 Å². The standard InChI is InChI=1S/C31H40N6O4/c1-3-24(2)27-9-4-5-10-28(27)41-20-19-40-26-8-6-7-25(21-26)23-32-35-29-22-30(36-11-15-38-16-12-36)34-31(33-29)37-13-17-39-18-14-37/h4-10,21-24H,3,11-20H2,1-2H3,(H,33,34,35). The van der Waals surface area contributed by atoms with E-state index in [0.29, 0.717) is 57.3 Å². The van der Waals surface area contributed by atoms with Crippen molar-refractivity contribution < 1.29 is 18.9 Å². The van der Waals surface area contributed by atoms with Gasteiger partial charge in [0.05, 0.1) is 32.6 Å². The number of aromatic nitrogens is 2. The lowest BCUT2D eigenvalue weighted by Crippen LogP contribution is -2.39. The second-order valence-corrected chi connectivity index (χ2v) is 10.1. The quantitative estimate of drug-likeness (QED) is 0.194. The maximum absolute atomic E-state index is 6.04. The first-order valence-corrected chi connectivity index (χ1v) is 14.5. The Bertz CT molecular complexity index is 1240. The van der Waals surface area contributed by atoms with E-state index in [2.05, 4.69) is 46.3 Å². The normalized spacial score (nSPS) is 16.5. The first kappa shape index (κ1) is 28.6. The molecule has 10 heteroatoms. The zero-order chi connectivity index (χ0) is 28.3. The molecule has 3 heterocycles. The summed E-state index contributed by atoms with van der Waals surface area (Å²) in [5.74, 6) is 4.33. The van der Waals surface area contributed by atoms with Gasteiger partial charge in [-0.3, -0.25) is 5.43 Å². The van der Waals surface area contributed by atoms with Crippen LogP contribution in [0.5, 0.6) is 11.5 Å². The molecule has 2 fully saturated rings. The molecule has 2 aliphatic heterocycles. The highest BCUT2D eigenvalue weighted by Gasteiger charge is 2.19. The molecular weight excluding hydrogens is 520 g/mol. The van der Waals surface area contributed by atoms with Gasteiger partial charge in [0, 0.05) is 32.2 Å². The molecule has 1 N–H and O–H groups in total. The second kappa shape index (κ2) is 14.7. The van der Waals surface area contributed by atoms with Gasteiger partial charge in [-0.2, -0.15) is 15.1 Å². The van der Waals surface area contributed by atoms with Crippen molar-refractivity contribution in [1.82, 2.24) is 9.97 Å². The summed E-state index contributed by atoms with van der Waals surface area (Å²) in [6, 6.07) is 18.0. The molecule has 0 bridgehead atoms. The summed E-state index contributed by atoms with van der Waals surface area (Å²) in [5.41, 5.74) is 5.25. The molecule has 0 amide bonds. The maximum Gasteiger partial charge on any atom is 0.229 e. The van der Waals surface area contributed by atoms with Crippen LogP contribution in [0.15, 0.2) is 59.7 Å². The van der Waals surface area contributed by atoms with Crippen LogP contribution in [0.2, 0.25) is 0 Å². The number of hydrazone groups is 1. The number of nitrogens with one attached hydrogen (secondary N) is 1. The molecule has 3 aromatic rings. The van der Waals surface area contributed by atoms with Crippen LogP contribution < -0.4 is 24.7 Å². The van der Waals surface area contributed by atoms with Crippen molar-refractivity contribution in [3.8, 4) is 11.5 Å². The van der Waals surface area contributed by atoms with Gasteiger partial charge in [0.25, 0.3) is 0 Å². The van der Waals surface area contributed by atoms with E-state index < -0.39 is 0 Å². The smallest absolute Gasteiger partial charge is 0.229 e. The van der Waals surface area contributed by atoms with Crippen molar-refractivity contribution in [1.29, 1.82) is 0 Å². The first-order chi connectivity index (χ1) is 20.2. The third-order valence-corrected chi connectivity index (χ3v) is 7.25. The predicted octanol–water partition coefficient (Wildman–Crippen LogP) is 4.57. The Morgan fingerprint density at radius 2 is 1.63 bits per heavy atom. The number of hydrogen-bond acceptors (Lipinski definition) is 10. The Balaban J connectivity index is 1.18. The minimum atomic E-state index is 0.448. The van der Waals surface area contributed by atoms with Crippen LogP contribution in [0, 0.1) is 0 Å². The fourth-order valence-corrected chi connectivity index (χ4v) is 4.75. The third kappa shape index (κ3) is 8.08. The number of nitrogens with zero attached hydrogens (tertiary/aromatic N) is 5. The summed E-state index contributed by atoms with van der Waals surface area (Å²) in [7, 11) is 0. The molecule has 1 unspecified atom stereocenters. The van der Waals surface area contributed by atoms with E-state index in [9.17, 15) is 0 Å². The Hall–Kier alpha value is -3.89. The van der Waals surface area contributed by atoms with Crippen molar-refractivity contribution >= 4 is 23.8 Å². The largest absolute Gasteiger partial charge is 0.490 e. The number of anilines is 3. The number of para-hydroxylation sites is 1. The van der Waals surface area contributed by atoms with Gasteiger partial charge < -0.3 is 28.7 Å². The second-order valence-electron chi connectivity index (χ2n) is 10.1. The van der Waals surface area contributed by atoms with E-state index in [1.807, 2.05) is 42.5 Å². The molecule has 1 aromatic heterocycles. The molecule has 41 heavy (non-hydrogen) atoms. The van der Waals surface area contributed by atoms with Gasteiger partial charge in [0.2, 0.25) is 5.95 Å². The fraction of sp³-hybridized carbons (Fsp3) is 0.452. The Morgan fingerprint density at radius 3 is 2.41 bits per heavy atom. The van der Waals surface area contributed by atoms with Crippen molar-refractivity contribution in [2.24, 2.45) is 5.10 Å². The Morgan fingerprint density at radius 1 is 0.902 bits per heavy atom. The van der Waals surface area contributed by atoms with Crippen molar-refractivity contribution in [2.45, 2.75) is 26.2 Å². The van der Waals surface area contributed by atoms with E-state index in [1.165, 1.54) is 5.56 Å². The van der Waals surface area contributed by atoms with E-state index in [1.54, 1.807) is 6.21 Å². The molecule has 2 saturated heterocycles. The van der Waals surface area contributed by atoms with Crippen LogP contribution >= 0.6 is 0 Å². The van der Waals surface area contributed by atoms with Crippen LogP contribution in [0.3, 0.4) is 0 Å². The summed E-state index contributed by atoms with van der Waals surface area (Å²) in [6.07, 6.45) is 2.83. The van der Waals surface area contributed by atoms with Crippen LogP contribution in [0.4, 0.5) is 17.6 Å². The highest BCUT2D eigenvalue weighted by atomic mass is 16.5. The van der Waals surface area contributed by atoms with Crippen LogP contribution in [0.25, 0.3) is 0 Å². The highest BCUT2D eigenvalue weighted by Crippen LogP contribution is 2.28. The molecule has 10 nitrogen and oxygen atoms in total. The molecule has 1 atom stereocenters. The zero-order valence-corrected chi connectivity index (χ0v) is 24.0. The molecule has 218 valence electrons. The van der Waals surface area contributed by atoms with Gasteiger partial charge in [-0.25, -0.2) is 0 Å². The lowest BCUT2D eigenvalue weighted by molar-refractivity contribution is 0.121. The summed E-state index contributed by atoms with van der Waals surface area (Å²) < 4.78 is 23.0. The number of benzene rings is 2. The van der Waals surface area contributed by atoms with Crippen molar-refractivity contribution in [2.75, 3.05) is 81.0 Å². The molecule has 2 aliphatic rings. The van der Waals surface area contributed by atoms with E-state index >= 15 is 0 Å². The molecule has 0 saturated carbocycles. The average Bonchev–Trinajstić information content (AvgIpc) is 3.04. The van der Waals surface area contributed by atoms with Gasteiger partial charge in [-0.1, -0.05) is 44.2 Å². The topological polar surface area (TPSA) is 93.6 Å². The minimum absolute atomic E-state index is 0.448. The summed E-state index contributed by atoms with van der Waals surface area (Å²) in [6.45, 7) is 11.2. The molecule has 5 rings (SSSR count). The summed E-state index contributed by atoms with van der Waals surface area (Å²) >= 11 is 0. The number of rotatable bonds is 12. The van der Waals surface area contributed by atoms with Gasteiger partial charge >= 0.3 is 0 Å². The monoisotopic (exact) mass is 560 g/mol. The summed E-state index contributed by atoms with van der Waals surface area (Å²) in [5, 5.41) is 4.46. The summed E-state index contributed by atoms with van der Waals surface area (Å²) in [4.78, 5) is 13.9. The van der Waals surface area contributed by atoms with Crippen LogP contribution in [-0.2, 0) is 9.47 Å². The number of ether oxygens (including phenoxy) is 4. The molecule has 0 spiro atoms. The average molecular weight is 561 g/mol. The van der Waals surface area contributed by atoms with Crippen molar-refractivity contribution in [3.05, 3.63) is 65.7 Å². The molecule has 2 aromatic carbocycles. The minimum Gasteiger partial charge on any atom is -0.490 e. The lowest BCUT2D eigenvalue weighted by atomic mass is 9.98. The Labute approximate surface area is 242 Å². The van der Waals surface area contributed by atoms with Crippen molar-refractivity contribution in [3.63, 3.8) is 0 Å². The highest BCUT2D eigenvalue weighted by molar-refractivity contribution is 5.80. The zero-order valence-electron chi connectivity index (χ0n) is 24.0. The first-order valence-electron chi connectivity index (χ1n) is 14.5. The van der Waals surface area contributed by atoms with E-state index in [0.717, 1.165) is 55.5 Å². The van der Waals surface area contributed by atoms with E-state index in [4.69, 9.17) is 28.9 Å². The van der Waals surface area contributed by atoms with Crippen LogP contribution in [0.1, 0.15) is 37.3 Å². The van der Waals surface area contributed by atoms with Gasteiger partial charge in [-0.05, 0) is 41.7 Å². The third-order valence-electron chi connectivity index (χ3n) is 7.25. The SMILES string of the molecule is CCC(C)c1ccccc1OCCOc1cccc(C=NNc2cc(N3CCOCC3)nc(N3CCOCC3)n2)c1. The number of hydrogen-bond donors (Lipinski definition) is 1. The van der Waals surface area contributed by atoms with Gasteiger partial charge in [0.15, 0.2) is 5.82 Å². The molecular formula is C31H40N6O4. The predicted molar refractivity (Wildman–Crippen MR) is 162 cm³/mol. The Kier molecular flexibility index (Phi) is 10.2. The van der Waals surface area contributed by atoms with E-state index in [-0.39, 0.29) is 0 Å². The molecule has 0 radical (unpaired) electrons. The fourth-order valence-electron chi connectivity index (χ4n) is 4.75. The maximum atomic E-state index is 6.04. The molecule has 0 aliphatic carbocycles.